The van der Waals surface area contributed by atoms with Gasteiger partial charge in [0.05, 0.1) is 19.8 Å². The molecule has 1 heterocycles. The van der Waals surface area contributed by atoms with Crippen LogP contribution in [0.25, 0.3) is 0 Å². The van der Waals surface area contributed by atoms with E-state index in [9.17, 15) is 4.79 Å². The molecule has 1 aromatic carbocycles. The van der Waals surface area contributed by atoms with Crippen LogP contribution in [0, 0.1) is 0 Å². The van der Waals surface area contributed by atoms with Crippen LogP contribution < -0.4 is 25.4 Å². The molecule has 0 radical (unpaired) electrons. The quantitative estimate of drug-likeness (QED) is 0.857. The number of nitrogens with one attached hydrogen (secondary N) is 1. The van der Waals surface area contributed by atoms with Crippen molar-refractivity contribution in [1.29, 1.82) is 0 Å². The number of hydrogen-bond donors (Lipinski definition) is 2. The number of nitrogens with two attached hydrogens (primary N) is 1. The lowest BCUT2D eigenvalue weighted by molar-refractivity contribution is -0.126. The summed E-state index contributed by atoms with van der Waals surface area (Å²) < 4.78 is 10.7. The second-order valence-corrected chi connectivity index (χ2v) is 6.84. The fourth-order valence-electron chi connectivity index (χ4n) is 3.65. The summed E-state index contributed by atoms with van der Waals surface area (Å²) in [7, 11) is 3.29. The molecule has 1 saturated heterocycles. The number of ether oxygens (including phenoxy) is 2. The number of methoxy groups -OCH3 is 2. The van der Waals surface area contributed by atoms with E-state index in [1.807, 2.05) is 18.2 Å². The topological polar surface area (TPSA) is 76.8 Å². The largest absolute Gasteiger partial charge is 0.497 e. The van der Waals surface area contributed by atoms with Crippen molar-refractivity contribution in [2.24, 2.45) is 5.73 Å². The Morgan fingerprint density at radius 3 is 2.42 bits per heavy atom. The maximum atomic E-state index is 12.5. The Kier molecular flexibility index (Phi) is 4.85. The van der Waals surface area contributed by atoms with Crippen LogP contribution in [0.5, 0.6) is 11.5 Å². The summed E-state index contributed by atoms with van der Waals surface area (Å²) in [6, 6.07) is 5.98. The molecular formula is C18H27N3O3. The molecule has 6 nitrogen and oxygen atoms in total. The predicted molar refractivity (Wildman–Crippen MR) is 93.7 cm³/mol. The van der Waals surface area contributed by atoms with Crippen LogP contribution in [0.3, 0.4) is 0 Å². The van der Waals surface area contributed by atoms with E-state index in [0.717, 1.165) is 62.4 Å². The van der Waals surface area contributed by atoms with E-state index < -0.39 is 5.54 Å². The predicted octanol–water partition coefficient (Wildman–Crippen LogP) is 1.67. The van der Waals surface area contributed by atoms with Crippen molar-refractivity contribution in [2.45, 2.75) is 43.7 Å². The lowest BCUT2D eigenvalue weighted by Crippen LogP contribution is -2.54. The summed E-state index contributed by atoms with van der Waals surface area (Å²) in [5, 5.41) is 3.15. The molecule has 0 aromatic heterocycles. The zero-order valence-electron chi connectivity index (χ0n) is 14.5. The average Bonchev–Trinajstić information content (AvgIpc) is 3.24. The second kappa shape index (κ2) is 6.89. The Bertz CT molecular complexity index is 577. The standard InChI is InChI=1S/C18H27N3O3/c1-23-15-9-14(10-16(11-15)24-2)21-8-5-13(12-21)20-17(22)18(19)6-3-4-7-18/h9-11,13H,3-8,12,19H2,1-2H3,(H,20,22). The molecule has 1 aromatic rings. The van der Waals surface area contributed by atoms with Crippen molar-refractivity contribution >= 4 is 11.6 Å². The normalized spacial score (nSPS) is 22.5. The monoisotopic (exact) mass is 333 g/mol. The minimum Gasteiger partial charge on any atom is -0.497 e. The Balaban J connectivity index is 1.64. The zero-order chi connectivity index (χ0) is 17.2. The van der Waals surface area contributed by atoms with Crippen molar-refractivity contribution in [3.8, 4) is 11.5 Å². The molecule has 1 unspecified atom stereocenters. The molecule has 0 spiro atoms. The number of nitrogens with zero attached hydrogens (tertiary/aromatic N) is 1. The summed E-state index contributed by atoms with van der Waals surface area (Å²) in [6.45, 7) is 1.66. The van der Waals surface area contributed by atoms with E-state index in [0.29, 0.717) is 0 Å². The molecule has 2 fully saturated rings. The third-order valence-corrected chi connectivity index (χ3v) is 5.17. The maximum absolute atomic E-state index is 12.5. The smallest absolute Gasteiger partial charge is 0.240 e. The van der Waals surface area contributed by atoms with Crippen molar-refractivity contribution < 1.29 is 14.3 Å². The summed E-state index contributed by atoms with van der Waals surface area (Å²) in [4.78, 5) is 14.7. The highest BCUT2D eigenvalue weighted by Crippen LogP contribution is 2.31. The first kappa shape index (κ1) is 16.9. The van der Waals surface area contributed by atoms with Gasteiger partial charge in [-0.15, -0.1) is 0 Å². The summed E-state index contributed by atoms with van der Waals surface area (Å²) in [6.07, 6.45) is 4.60. The molecule has 132 valence electrons. The molecule has 1 amide bonds. The minimum atomic E-state index is -0.660. The molecule has 1 aliphatic carbocycles. The molecule has 6 heteroatoms. The molecular weight excluding hydrogens is 306 g/mol. The molecule has 3 rings (SSSR count). The Morgan fingerprint density at radius 1 is 1.21 bits per heavy atom. The highest BCUT2D eigenvalue weighted by atomic mass is 16.5. The lowest BCUT2D eigenvalue weighted by Gasteiger charge is -2.25. The number of anilines is 1. The van der Waals surface area contributed by atoms with Crippen LogP contribution in [0.4, 0.5) is 5.69 Å². The first-order valence-electron chi connectivity index (χ1n) is 8.62. The van der Waals surface area contributed by atoms with Crippen LogP contribution >= 0.6 is 0 Å². The van der Waals surface area contributed by atoms with Gasteiger partial charge in [-0.2, -0.15) is 0 Å². The van der Waals surface area contributed by atoms with Crippen LogP contribution in [0.2, 0.25) is 0 Å². The third-order valence-electron chi connectivity index (χ3n) is 5.17. The maximum Gasteiger partial charge on any atom is 0.240 e. The summed E-state index contributed by atoms with van der Waals surface area (Å²) >= 11 is 0. The number of amides is 1. The number of rotatable bonds is 5. The summed E-state index contributed by atoms with van der Waals surface area (Å²) in [5.41, 5.74) is 6.63. The molecule has 3 N–H and O–H groups in total. The van der Waals surface area contributed by atoms with E-state index in [1.165, 1.54) is 0 Å². The first-order valence-corrected chi connectivity index (χ1v) is 8.62. The molecule has 2 aliphatic rings. The highest BCUT2D eigenvalue weighted by Gasteiger charge is 2.38. The SMILES string of the molecule is COc1cc(OC)cc(N2CCC(NC(=O)C3(N)CCCC3)C2)c1. The summed E-state index contributed by atoms with van der Waals surface area (Å²) in [5.74, 6) is 1.54. The van der Waals surface area contributed by atoms with Crippen molar-refractivity contribution in [1.82, 2.24) is 5.32 Å². The van der Waals surface area contributed by atoms with Crippen molar-refractivity contribution in [3.05, 3.63) is 18.2 Å². The van der Waals surface area contributed by atoms with Crippen LogP contribution in [-0.4, -0.2) is 44.8 Å². The van der Waals surface area contributed by atoms with Gasteiger partial charge in [-0.25, -0.2) is 0 Å². The van der Waals surface area contributed by atoms with Crippen molar-refractivity contribution in [2.75, 3.05) is 32.2 Å². The Morgan fingerprint density at radius 2 is 1.83 bits per heavy atom. The van der Waals surface area contributed by atoms with Gasteiger partial charge in [0.25, 0.3) is 0 Å². The molecule has 0 bridgehead atoms. The first-order chi connectivity index (χ1) is 11.5. The van der Waals surface area contributed by atoms with Gasteiger partial charge in [-0.3, -0.25) is 4.79 Å². The van der Waals surface area contributed by atoms with E-state index in [4.69, 9.17) is 15.2 Å². The van der Waals surface area contributed by atoms with Gasteiger partial charge >= 0.3 is 0 Å². The average molecular weight is 333 g/mol. The third kappa shape index (κ3) is 3.43. The van der Waals surface area contributed by atoms with Crippen LogP contribution in [0.1, 0.15) is 32.1 Å². The Labute approximate surface area is 143 Å². The molecule has 1 atom stereocenters. The van der Waals surface area contributed by atoms with Gasteiger partial charge in [0, 0.05) is 43.0 Å². The fraction of sp³-hybridized carbons (Fsp3) is 0.611. The van der Waals surface area contributed by atoms with E-state index in [2.05, 4.69) is 10.2 Å². The fourth-order valence-corrected chi connectivity index (χ4v) is 3.65. The van der Waals surface area contributed by atoms with Gasteiger partial charge in [-0.05, 0) is 19.3 Å². The molecule has 24 heavy (non-hydrogen) atoms. The van der Waals surface area contributed by atoms with Gasteiger partial charge in [0.2, 0.25) is 5.91 Å². The number of benzene rings is 1. The van der Waals surface area contributed by atoms with Crippen LogP contribution in [-0.2, 0) is 4.79 Å². The lowest BCUT2D eigenvalue weighted by atomic mass is 9.97. The van der Waals surface area contributed by atoms with E-state index in [-0.39, 0.29) is 11.9 Å². The van der Waals surface area contributed by atoms with Crippen molar-refractivity contribution in [3.63, 3.8) is 0 Å². The molecule has 1 saturated carbocycles. The van der Waals surface area contributed by atoms with Gasteiger partial charge in [0.1, 0.15) is 11.5 Å². The van der Waals surface area contributed by atoms with E-state index >= 15 is 0 Å². The number of hydrogen-bond acceptors (Lipinski definition) is 5. The van der Waals surface area contributed by atoms with Gasteiger partial charge < -0.3 is 25.4 Å². The van der Waals surface area contributed by atoms with Gasteiger partial charge in [0.15, 0.2) is 0 Å². The van der Waals surface area contributed by atoms with E-state index in [1.54, 1.807) is 14.2 Å². The molecule has 1 aliphatic heterocycles. The van der Waals surface area contributed by atoms with Gasteiger partial charge in [-0.1, -0.05) is 12.8 Å². The number of carbonyl (C=O) groups excluding carboxylic acids is 1. The second-order valence-electron chi connectivity index (χ2n) is 6.84. The minimum absolute atomic E-state index is 0.00933. The Hall–Kier alpha value is -1.95. The van der Waals surface area contributed by atoms with Crippen LogP contribution in [0.15, 0.2) is 18.2 Å². The zero-order valence-corrected chi connectivity index (χ0v) is 14.5. The number of carbonyl (C=O) groups is 1. The highest BCUT2D eigenvalue weighted by molar-refractivity contribution is 5.86.